The minimum absolute atomic E-state index is 0.0576. The average molecular weight is 285 g/mol. The van der Waals surface area contributed by atoms with Crippen molar-refractivity contribution in [3.8, 4) is 5.75 Å². The topological polar surface area (TPSA) is 41.5 Å². The fourth-order valence-electron chi connectivity index (χ4n) is 2.27. The summed E-state index contributed by atoms with van der Waals surface area (Å²) in [6.45, 7) is 4.72. The number of para-hydroxylation sites is 1. The predicted molar refractivity (Wildman–Crippen MR) is 85.3 cm³/mol. The Hall–Kier alpha value is -1.84. The van der Waals surface area contributed by atoms with Crippen LogP contribution in [0.15, 0.2) is 54.6 Å². The second kappa shape index (κ2) is 7.81. The molecule has 0 heterocycles. The molecule has 3 nitrogen and oxygen atoms in total. The maximum Gasteiger partial charge on any atom is 0.124 e. The quantitative estimate of drug-likeness (QED) is 0.820. The molecule has 2 N–H and O–H groups in total. The number of hydrogen-bond acceptors (Lipinski definition) is 3. The van der Waals surface area contributed by atoms with Gasteiger partial charge in [-0.25, -0.2) is 0 Å². The van der Waals surface area contributed by atoms with Crippen LogP contribution < -0.4 is 10.1 Å². The lowest BCUT2D eigenvalue weighted by Crippen LogP contribution is -2.31. The summed E-state index contributed by atoms with van der Waals surface area (Å²) in [6.07, 6.45) is 0. The Morgan fingerprint density at radius 1 is 1.00 bits per heavy atom. The Morgan fingerprint density at radius 3 is 2.38 bits per heavy atom. The molecule has 2 atom stereocenters. The standard InChI is InChI=1S/C18H23NO2/c1-14(12-20)19-15(2)17-10-6-7-11-18(17)21-13-16-8-4-3-5-9-16/h3-11,14-15,19-20H,12-13H2,1-2H3/t14-,15?/m1/s1. The molecule has 0 amide bonds. The maximum atomic E-state index is 9.16. The van der Waals surface area contributed by atoms with Gasteiger partial charge in [-0.1, -0.05) is 48.5 Å². The van der Waals surface area contributed by atoms with Gasteiger partial charge in [0.25, 0.3) is 0 Å². The first-order valence-electron chi connectivity index (χ1n) is 7.33. The summed E-state index contributed by atoms with van der Waals surface area (Å²) in [5.74, 6) is 0.881. The Balaban J connectivity index is 2.06. The highest BCUT2D eigenvalue weighted by atomic mass is 16.5. The van der Waals surface area contributed by atoms with Crippen LogP contribution in [0, 0.1) is 0 Å². The molecular weight excluding hydrogens is 262 g/mol. The molecule has 0 aliphatic rings. The zero-order valence-corrected chi connectivity index (χ0v) is 12.6. The van der Waals surface area contributed by atoms with Crippen LogP contribution >= 0.6 is 0 Å². The normalized spacial score (nSPS) is 13.7. The molecule has 0 bridgehead atoms. The first-order chi connectivity index (χ1) is 10.2. The Morgan fingerprint density at radius 2 is 1.67 bits per heavy atom. The van der Waals surface area contributed by atoms with Crippen molar-refractivity contribution in [2.75, 3.05) is 6.61 Å². The van der Waals surface area contributed by atoms with E-state index in [9.17, 15) is 0 Å². The summed E-state index contributed by atoms with van der Waals surface area (Å²) in [5.41, 5.74) is 2.25. The van der Waals surface area contributed by atoms with Crippen molar-refractivity contribution in [2.45, 2.75) is 32.5 Å². The van der Waals surface area contributed by atoms with Gasteiger partial charge in [-0.15, -0.1) is 0 Å². The molecule has 0 radical (unpaired) electrons. The van der Waals surface area contributed by atoms with Gasteiger partial charge in [0.15, 0.2) is 0 Å². The van der Waals surface area contributed by atoms with E-state index in [1.54, 1.807) is 0 Å². The average Bonchev–Trinajstić information content (AvgIpc) is 2.54. The lowest BCUT2D eigenvalue weighted by molar-refractivity contribution is 0.241. The van der Waals surface area contributed by atoms with Crippen LogP contribution in [0.3, 0.4) is 0 Å². The molecule has 21 heavy (non-hydrogen) atoms. The van der Waals surface area contributed by atoms with E-state index in [4.69, 9.17) is 9.84 Å². The summed E-state index contributed by atoms with van der Waals surface area (Å²) in [6, 6.07) is 18.3. The van der Waals surface area contributed by atoms with E-state index in [2.05, 4.69) is 30.4 Å². The zero-order valence-electron chi connectivity index (χ0n) is 12.6. The van der Waals surface area contributed by atoms with Crippen LogP contribution in [-0.4, -0.2) is 17.8 Å². The van der Waals surface area contributed by atoms with E-state index >= 15 is 0 Å². The lowest BCUT2D eigenvalue weighted by atomic mass is 10.1. The molecule has 0 fully saturated rings. The fourth-order valence-corrected chi connectivity index (χ4v) is 2.27. The van der Waals surface area contributed by atoms with Crippen LogP contribution in [0.5, 0.6) is 5.75 Å². The summed E-state index contributed by atoms with van der Waals surface area (Å²) in [4.78, 5) is 0. The number of hydrogen-bond donors (Lipinski definition) is 2. The van der Waals surface area contributed by atoms with E-state index < -0.39 is 0 Å². The SMILES string of the molecule is CC(N[C@H](C)CO)c1ccccc1OCc1ccccc1. The van der Waals surface area contributed by atoms with E-state index in [1.165, 1.54) is 0 Å². The number of aliphatic hydroxyl groups excluding tert-OH is 1. The largest absolute Gasteiger partial charge is 0.489 e. The molecule has 3 heteroatoms. The van der Waals surface area contributed by atoms with Gasteiger partial charge in [0.1, 0.15) is 12.4 Å². The monoisotopic (exact) mass is 285 g/mol. The molecule has 1 unspecified atom stereocenters. The zero-order chi connectivity index (χ0) is 15.1. The Bertz CT molecular complexity index is 542. The minimum Gasteiger partial charge on any atom is -0.489 e. The number of aliphatic hydroxyl groups is 1. The summed E-state index contributed by atoms with van der Waals surface area (Å²) >= 11 is 0. The van der Waals surface area contributed by atoms with E-state index in [0.29, 0.717) is 6.61 Å². The molecule has 0 spiro atoms. The molecule has 0 aliphatic heterocycles. The third kappa shape index (κ3) is 4.59. The molecule has 2 aromatic carbocycles. The third-order valence-electron chi connectivity index (χ3n) is 3.43. The smallest absolute Gasteiger partial charge is 0.124 e. The van der Waals surface area contributed by atoms with Crippen LogP contribution in [0.1, 0.15) is 31.0 Å². The summed E-state index contributed by atoms with van der Waals surface area (Å²) in [5, 5.41) is 12.5. The number of rotatable bonds is 7. The van der Waals surface area contributed by atoms with Gasteiger partial charge >= 0.3 is 0 Å². The molecular formula is C18H23NO2. The second-order valence-corrected chi connectivity index (χ2v) is 5.28. The van der Waals surface area contributed by atoms with Gasteiger partial charge < -0.3 is 15.2 Å². The first kappa shape index (κ1) is 15.5. The van der Waals surface area contributed by atoms with Gasteiger partial charge in [-0.2, -0.15) is 0 Å². The van der Waals surface area contributed by atoms with Crippen molar-refractivity contribution < 1.29 is 9.84 Å². The lowest BCUT2D eigenvalue weighted by Gasteiger charge is -2.21. The van der Waals surface area contributed by atoms with E-state index in [1.807, 2.05) is 43.3 Å². The van der Waals surface area contributed by atoms with Gasteiger partial charge in [0.2, 0.25) is 0 Å². The minimum atomic E-state index is 0.0576. The van der Waals surface area contributed by atoms with Crippen LogP contribution in [0.25, 0.3) is 0 Å². The third-order valence-corrected chi connectivity index (χ3v) is 3.43. The fraction of sp³-hybridized carbons (Fsp3) is 0.333. The number of benzene rings is 2. The van der Waals surface area contributed by atoms with Crippen molar-refractivity contribution in [3.63, 3.8) is 0 Å². The highest BCUT2D eigenvalue weighted by molar-refractivity contribution is 5.36. The van der Waals surface area contributed by atoms with Gasteiger partial charge in [0.05, 0.1) is 6.61 Å². The van der Waals surface area contributed by atoms with Crippen LogP contribution in [-0.2, 0) is 6.61 Å². The van der Waals surface area contributed by atoms with Crippen molar-refractivity contribution in [2.24, 2.45) is 0 Å². The number of nitrogens with one attached hydrogen (secondary N) is 1. The van der Waals surface area contributed by atoms with Crippen molar-refractivity contribution >= 4 is 0 Å². The van der Waals surface area contributed by atoms with E-state index in [0.717, 1.165) is 16.9 Å². The molecule has 0 saturated heterocycles. The van der Waals surface area contributed by atoms with E-state index in [-0.39, 0.29) is 18.7 Å². The molecule has 0 aliphatic carbocycles. The predicted octanol–water partition coefficient (Wildman–Crippen LogP) is 3.30. The summed E-state index contributed by atoms with van der Waals surface area (Å²) < 4.78 is 5.96. The molecule has 0 saturated carbocycles. The molecule has 112 valence electrons. The first-order valence-corrected chi connectivity index (χ1v) is 7.33. The molecule has 2 rings (SSSR count). The van der Waals surface area contributed by atoms with Gasteiger partial charge in [-0.05, 0) is 25.5 Å². The van der Waals surface area contributed by atoms with Gasteiger partial charge in [-0.3, -0.25) is 0 Å². The van der Waals surface area contributed by atoms with Crippen LogP contribution in [0.4, 0.5) is 0 Å². The molecule has 0 aromatic heterocycles. The highest BCUT2D eigenvalue weighted by Gasteiger charge is 2.13. The maximum absolute atomic E-state index is 9.16. The van der Waals surface area contributed by atoms with Gasteiger partial charge in [0, 0.05) is 17.6 Å². The second-order valence-electron chi connectivity index (χ2n) is 5.28. The van der Waals surface area contributed by atoms with Crippen molar-refractivity contribution in [1.29, 1.82) is 0 Å². The van der Waals surface area contributed by atoms with Crippen molar-refractivity contribution in [1.82, 2.24) is 5.32 Å². The number of ether oxygens (including phenoxy) is 1. The Labute approximate surface area is 126 Å². The molecule has 2 aromatic rings. The highest BCUT2D eigenvalue weighted by Crippen LogP contribution is 2.25. The van der Waals surface area contributed by atoms with Crippen molar-refractivity contribution in [3.05, 3.63) is 65.7 Å². The van der Waals surface area contributed by atoms with Crippen LogP contribution in [0.2, 0.25) is 0 Å². The summed E-state index contributed by atoms with van der Waals surface area (Å²) in [7, 11) is 0. The Kier molecular flexibility index (Phi) is 5.78.